The van der Waals surface area contributed by atoms with Crippen LogP contribution in [0.2, 0.25) is 0 Å². The van der Waals surface area contributed by atoms with Gasteiger partial charge in [-0.2, -0.15) is 0 Å². The summed E-state index contributed by atoms with van der Waals surface area (Å²) in [7, 11) is 1.61. The minimum Gasteiger partial charge on any atom is -0.497 e. The molecular formula is C20H21FN2O3. The van der Waals surface area contributed by atoms with E-state index in [1.165, 1.54) is 24.3 Å². The number of nitrogens with one attached hydrogen (secondary N) is 1. The molecular weight excluding hydrogens is 335 g/mol. The largest absolute Gasteiger partial charge is 0.497 e. The minimum atomic E-state index is -0.407. The van der Waals surface area contributed by atoms with Crippen molar-refractivity contribution < 1.29 is 18.7 Å². The highest BCUT2D eigenvalue weighted by molar-refractivity contribution is 5.96. The Hall–Kier alpha value is -2.89. The van der Waals surface area contributed by atoms with Crippen LogP contribution in [0.3, 0.4) is 0 Å². The smallest absolute Gasteiger partial charge is 0.251 e. The fourth-order valence-corrected chi connectivity index (χ4v) is 3.22. The maximum atomic E-state index is 12.9. The van der Waals surface area contributed by atoms with Crippen LogP contribution in [-0.4, -0.2) is 36.9 Å². The van der Waals surface area contributed by atoms with Gasteiger partial charge in [0.25, 0.3) is 5.91 Å². The van der Waals surface area contributed by atoms with Gasteiger partial charge in [-0.1, -0.05) is 12.1 Å². The van der Waals surface area contributed by atoms with Gasteiger partial charge in [0.2, 0.25) is 5.91 Å². The number of carbonyl (C=O) groups excluding carboxylic acids is 2. The number of benzene rings is 2. The molecule has 5 nitrogen and oxygen atoms in total. The zero-order chi connectivity index (χ0) is 18.5. The van der Waals surface area contributed by atoms with Crippen LogP contribution >= 0.6 is 0 Å². The van der Waals surface area contributed by atoms with E-state index in [2.05, 4.69) is 5.32 Å². The second-order valence-electron chi connectivity index (χ2n) is 6.21. The molecule has 0 spiro atoms. The molecule has 3 rings (SSSR count). The van der Waals surface area contributed by atoms with Gasteiger partial charge in [-0.25, -0.2) is 4.39 Å². The molecule has 1 aliphatic heterocycles. The van der Waals surface area contributed by atoms with Crippen molar-refractivity contribution in [2.75, 3.05) is 20.2 Å². The van der Waals surface area contributed by atoms with Crippen LogP contribution in [-0.2, 0) is 4.79 Å². The van der Waals surface area contributed by atoms with Gasteiger partial charge in [-0.3, -0.25) is 9.59 Å². The maximum Gasteiger partial charge on any atom is 0.251 e. The molecule has 1 heterocycles. The number of halogens is 1. The topological polar surface area (TPSA) is 58.6 Å². The highest BCUT2D eigenvalue weighted by Gasteiger charge is 2.30. The van der Waals surface area contributed by atoms with Gasteiger partial charge in [-0.15, -0.1) is 0 Å². The fourth-order valence-electron chi connectivity index (χ4n) is 3.22. The van der Waals surface area contributed by atoms with E-state index in [0.717, 1.165) is 24.2 Å². The molecule has 0 aliphatic carbocycles. The van der Waals surface area contributed by atoms with Crippen LogP contribution in [0.25, 0.3) is 0 Å². The van der Waals surface area contributed by atoms with E-state index < -0.39 is 11.7 Å². The average molecular weight is 356 g/mol. The first-order valence-corrected chi connectivity index (χ1v) is 8.55. The number of hydrogen-bond donors (Lipinski definition) is 1. The Balaban J connectivity index is 1.63. The fraction of sp³-hybridized carbons (Fsp3) is 0.300. The van der Waals surface area contributed by atoms with Gasteiger partial charge in [0, 0.05) is 12.1 Å². The summed E-state index contributed by atoms with van der Waals surface area (Å²) in [5.74, 6) is -0.177. The van der Waals surface area contributed by atoms with Crippen molar-refractivity contribution >= 4 is 11.8 Å². The molecule has 6 heteroatoms. The summed E-state index contributed by atoms with van der Waals surface area (Å²) < 4.78 is 18.2. The van der Waals surface area contributed by atoms with E-state index in [1.807, 2.05) is 24.3 Å². The molecule has 0 saturated carbocycles. The first-order valence-electron chi connectivity index (χ1n) is 8.55. The highest BCUT2D eigenvalue weighted by Crippen LogP contribution is 2.33. The van der Waals surface area contributed by atoms with Gasteiger partial charge in [-0.05, 0) is 54.8 Å². The summed E-state index contributed by atoms with van der Waals surface area (Å²) >= 11 is 0. The normalized spacial score (nSPS) is 16.4. The predicted molar refractivity (Wildman–Crippen MR) is 95.4 cm³/mol. The van der Waals surface area contributed by atoms with Crippen LogP contribution in [0.15, 0.2) is 48.5 Å². The molecule has 0 aromatic heterocycles. The third-order valence-electron chi connectivity index (χ3n) is 4.56. The van der Waals surface area contributed by atoms with Gasteiger partial charge >= 0.3 is 0 Å². The van der Waals surface area contributed by atoms with Crippen molar-refractivity contribution in [2.24, 2.45) is 0 Å². The zero-order valence-corrected chi connectivity index (χ0v) is 14.6. The number of amides is 2. The second-order valence-corrected chi connectivity index (χ2v) is 6.21. The molecule has 136 valence electrons. The van der Waals surface area contributed by atoms with E-state index in [1.54, 1.807) is 12.0 Å². The van der Waals surface area contributed by atoms with Crippen LogP contribution in [0.1, 0.15) is 34.8 Å². The minimum absolute atomic E-state index is 0.0136. The molecule has 1 aliphatic rings. The number of ether oxygens (including phenoxy) is 1. The van der Waals surface area contributed by atoms with Crippen LogP contribution in [0, 0.1) is 5.82 Å². The van der Waals surface area contributed by atoms with Crippen LogP contribution in [0.4, 0.5) is 4.39 Å². The van der Waals surface area contributed by atoms with Crippen molar-refractivity contribution in [1.82, 2.24) is 10.2 Å². The zero-order valence-electron chi connectivity index (χ0n) is 14.6. The number of nitrogens with zero attached hydrogens (tertiary/aromatic N) is 1. The lowest BCUT2D eigenvalue weighted by Crippen LogP contribution is -2.39. The maximum absolute atomic E-state index is 12.9. The number of likely N-dealkylation sites (tertiary alicyclic amines) is 1. The Morgan fingerprint density at radius 1 is 1.23 bits per heavy atom. The summed E-state index contributed by atoms with van der Waals surface area (Å²) in [4.78, 5) is 26.5. The van der Waals surface area contributed by atoms with Crippen molar-refractivity contribution in [3.05, 3.63) is 65.5 Å². The van der Waals surface area contributed by atoms with E-state index in [0.29, 0.717) is 12.1 Å². The Labute approximate surface area is 151 Å². The van der Waals surface area contributed by atoms with E-state index in [-0.39, 0.29) is 18.5 Å². The van der Waals surface area contributed by atoms with Crippen molar-refractivity contribution in [3.63, 3.8) is 0 Å². The van der Waals surface area contributed by atoms with E-state index in [9.17, 15) is 14.0 Å². The molecule has 0 bridgehead atoms. The molecule has 2 amide bonds. The summed E-state index contributed by atoms with van der Waals surface area (Å²) in [5.41, 5.74) is 1.35. The molecule has 0 radical (unpaired) electrons. The lowest BCUT2D eigenvalue weighted by atomic mass is 10.0. The van der Waals surface area contributed by atoms with Crippen molar-refractivity contribution in [2.45, 2.75) is 18.9 Å². The monoisotopic (exact) mass is 356 g/mol. The average Bonchev–Trinajstić information content (AvgIpc) is 3.16. The molecule has 26 heavy (non-hydrogen) atoms. The highest BCUT2D eigenvalue weighted by atomic mass is 19.1. The molecule has 1 atom stereocenters. The Bertz CT molecular complexity index is 792. The third-order valence-corrected chi connectivity index (χ3v) is 4.56. The first kappa shape index (κ1) is 17.9. The summed E-state index contributed by atoms with van der Waals surface area (Å²) in [6.45, 7) is 0.573. The van der Waals surface area contributed by atoms with Crippen LogP contribution in [0.5, 0.6) is 5.75 Å². The van der Waals surface area contributed by atoms with Crippen molar-refractivity contribution in [1.29, 1.82) is 0 Å². The summed E-state index contributed by atoms with van der Waals surface area (Å²) in [5, 5.41) is 2.61. The second kappa shape index (κ2) is 7.99. The standard InChI is InChI=1S/C20H21FN2O3/c1-26-17-5-2-4-15(12-17)18-6-3-11-23(18)19(24)13-22-20(25)14-7-9-16(21)10-8-14/h2,4-5,7-10,12,18H,3,6,11,13H2,1H3,(H,22,25). The van der Waals surface area contributed by atoms with Gasteiger partial charge in [0.15, 0.2) is 0 Å². The molecule has 1 unspecified atom stereocenters. The van der Waals surface area contributed by atoms with E-state index in [4.69, 9.17) is 4.74 Å². The Morgan fingerprint density at radius 2 is 2.00 bits per heavy atom. The van der Waals surface area contributed by atoms with E-state index >= 15 is 0 Å². The molecule has 1 saturated heterocycles. The van der Waals surface area contributed by atoms with Crippen LogP contribution < -0.4 is 10.1 Å². The third kappa shape index (κ3) is 4.02. The lowest BCUT2D eigenvalue weighted by molar-refractivity contribution is -0.131. The summed E-state index contributed by atoms with van der Waals surface area (Å²) in [6, 6.07) is 12.9. The first-order chi connectivity index (χ1) is 12.6. The quantitative estimate of drug-likeness (QED) is 0.896. The molecule has 1 fully saturated rings. The number of hydrogen-bond acceptors (Lipinski definition) is 3. The van der Waals surface area contributed by atoms with Gasteiger partial charge in [0.05, 0.1) is 19.7 Å². The lowest BCUT2D eigenvalue weighted by Gasteiger charge is -2.25. The predicted octanol–water partition coefficient (Wildman–Crippen LogP) is 2.93. The van der Waals surface area contributed by atoms with Crippen molar-refractivity contribution in [3.8, 4) is 5.75 Å². The molecule has 1 N–H and O–H groups in total. The molecule has 2 aromatic carbocycles. The number of methoxy groups -OCH3 is 1. The molecule has 2 aromatic rings. The van der Waals surface area contributed by atoms with Gasteiger partial charge in [0.1, 0.15) is 11.6 Å². The summed E-state index contributed by atoms with van der Waals surface area (Å²) in [6.07, 6.45) is 1.80. The Kier molecular flexibility index (Phi) is 5.51. The number of rotatable bonds is 5. The SMILES string of the molecule is COc1cccc(C2CCCN2C(=O)CNC(=O)c2ccc(F)cc2)c1. The Morgan fingerprint density at radius 3 is 2.73 bits per heavy atom. The number of carbonyl (C=O) groups is 2. The van der Waals surface area contributed by atoms with Gasteiger partial charge < -0.3 is 15.0 Å².